The number of carbonyl (C=O) groups excluding carboxylic acids is 1. The molecule has 0 amide bonds. The summed E-state index contributed by atoms with van der Waals surface area (Å²) in [6.07, 6.45) is 46.3. The first kappa shape index (κ1) is 59.3. The molecule has 1 heterocycles. The number of aliphatic hydroxyl groups excluding tert-OH is 3. The first-order valence-electron chi connectivity index (χ1n) is 24.3. The Balaban J connectivity index is 2.41. The van der Waals surface area contributed by atoms with Crippen molar-refractivity contribution in [1.29, 1.82) is 0 Å². The lowest BCUT2D eigenvalue weighted by Crippen LogP contribution is -2.60. The second kappa shape index (κ2) is 41.7. The average molecular weight is 923 g/mol. The predicted octanol–water partition coefficient (Wildman–Crippen LogP) is 10.9. The van der Waals surface area contributed by atoms with Crippen LogP contribution < -0.4 is 0 Å². The number of esters is 1. The van der Waals surface area contributed by atoms with Crippen LogP contribution >= 0.6 is 0 Å². The highest BCUT2D eigenvalue weighted by molar-refractivity contribution is 7.80. The van der Waals surface area contributed by atoms with Crippen LogP contribution in [0.5, 0.6) is 0 Å². The molecule has 0 saturated carbocycles. The molecule has 12 nitrogen and oxygen atoms in total. The van der Waals surface area contributed by atoms with Crippen molar-refractivity contribution in [2.24, 2.45) is 0 Å². The van der Waals surface area contributed by atoms with Gasteiger partial charge < -0.3 is 34.3 Å². The van der Waals surface area contributed by atoms with Crippen LogP contribution in [-0.4, -0.2) is 97.5 Å². The fourth-order valence-corrected chi connectivity index (χ4v) is 7.37. The number of hydrogen-bond acceptors (Lipinski definition) is 11. The number of rotatable bonds is 41. The fourth-order valence-electron chi connectivity index (χ4n) is 6.86. The molecule has 1 aliphatic rings. The van der Waals surface area contributed by atoms with Gasteiger partial charge in [0.15, 0.2) is 6.29 Å². The topological polar surface area (TPSA) is 178 Å². The third kappa shape index (κ3) is 34.6. The molecule has 1 saturated heterocycles. The Morgan fingerprint density at radius 1 is 0.609 bits per heavy atom. The smallest absolute Gasteiger partial charge is 0.397 e. The minimum Gasteiger partial charge on any atom is -0.457 e. The zero-order chi connectivity index (χ0) is 46.8. The second-order valence-corrected chi connectivity index (χ2v) is 17.4. The highest BCUT2D eigenvalue weighted by Crippen LogP contribution is 2.26. The van der Waals surface area contributed by atoms with Crippen LogP contribution in [0.25, 0.3) is 0 Å². The minimum absolute atomic E-state index is 0.0101. The summed E-state index contributed by atoms with van der Waals surface area (Å²) in [5.74, 6) is -0.428. The summed E-state index contributed by atoms with van der Waals surface area (Å²) < 4.78 is 59.0. The maximum absolute atomic E-state index is 12.9. The Morgan fingerprint density at radius 2 is 1.08 bits per heavy atom. The quantitative estimate of drug-likeness (QED) is 0.0198. The summed E-state index contributed by atoms with van der Waals surface area (Å²) in [6, 6.07) is 0. The molecule has 0 aromatic heterocycles. The van der Waals surface area contributed by atoms with E-state index in [1.807, 2.05) is 0 Å². The van der Waals surface area contributed by atoms with Crippen LogP contribution in [0.2, 0.25) is 0 Å². The van der Waals surface area contributed by atoms with Crippen LogP contribution in [0.15, 0.2) is 85.1 Å². The lowest BCUT2D eigenvalue weighted by Gasteiger charge is -2.41. The molecule has 0 aliphatic carbocycles. The van der Waals surface area contributed by atoms with Gasteiger partial charge in [-0.1, -0.05) is 163 Å². The largest absolute Gasteiger partial charge is 0.457 e. The molecule has 13 heteroatoms. The van der Waals surface area contributed by atoms with Gasteiger partial charge in [0, 0.05) is 13.0 Å². The Morgan fingerprint density at radius 3 is 1.58 bits per heavy atom. The lowest BCUT2D eigenvalue weighted by molar-refractivity contribution is -0.301. The highest BCUT2D eigenvalue weighted by atomic mass is 32.3. The van der Waals surface area contributed by atoms with Crippen LogP contribution in [0.3, 0.4) is 0 Å². The third-order valence-electron chi connectivity index (χ3n) is 10.5. The van der Waals surface area contributed by atoms with E-state index in [0.717, 1.165) is 77.0 Å². The normalized spacial score (nSPS) is 20.5. The number of aliphatic hydroxyl groups is 3. The first-order chi connectivity index (χ1) is 31.1. The van der Waals surface area contributed by atoms with Crippen molar-refractivity contribution in [3.05, 3.63) is 85.1 Å². The molecule has 0 aromatic rings. The van der Waals surface area contributed by atoms with Crippen molar-refractivity contribution in [2.45, 2.75) is 205 Å². The summed E-state index contributed by atoms with van der Waals surface area (Å²) in [4.78, 5) is 12.9. The van der Waals surface area contributed by atoms with Crippen molar-refractivity contribution >= 4 is 16.4 Å². The van der Waals surface area contributed by atoms with E-state index < -0.39 is 59.8 Å². The molecule has 6 atom stereocenters. The zero-order valence-corrected chi connectivity index (χ0v) is 40.1. The van der Waals surface area contributed by atoms with Crippen molar-refractivity contribution in [1.82, 2.24) is 0 Å². The van der Waals surface area contributed by atoms with Gasteiger partial charge in [0.1, 0.15) is 30.5 Å². The van der Waals surface area contributed by atoms with E-state index in [2.05, 4.69) is 103 Å². The molecular formula is C51H86O12S. The summed E-state index contributed by atoms with van der Waals surface area (Å²) in [5, 5.41) is 30.7. The Hall–Kier alpha value is -2.72. The van der Waals surface area contributed by atoms with E-state index in [-0.39, 0.29) is 19.6 Å². The highest BCUT2D eigenvalue weighted by Gasteiger charge is 2.48. The Labute approximate surface area is 387 Å². The number of carbonyl (C=O) groups is 1. The lowest BCUT2D eigenvalue weighted by atomic mass is 9.99. The van der Waals surface area contributed by atoms with Crippen molar-refractivity contribution in [3.63, 3.8) is 0 Å². The standard InChI is InChI=1S/C51H86O12S/c1-3-5-7-9-11-13-15-17-19-20-21-22-23-24-25-26-27-28-30-32-34-36-38-40-47(53)61-45(43-59-41-39-37-35-33-31-29-18-16-14-12-10-8-6-4-2)44-60-51-49(55)50(63-64(56,57)58)48(54)46(42-52)62-51/h6,8,12,14-15,17-18,20-21,23-24,29,33,35,45-46,48-52,54-55H,3-5,7,9-11,13,16,19,22,25-28,30-32,34,36-44H2,1-2H3,(H,56,57,58)/b8-6-,14-12-,17-15-,21-20-,24-23-,29-18-,35-33-. The Bertz CT molecular complexity index is 1440. The summed E-state index contributed by atoms with van der Waals surface area (Å²) >= 11 is 0. The van der Waals surface area contributed by atoms with Gasteiger partial charge in [0.05, 0.1) is 19.8 Å². The summed E-state index contributed by atoms with van der Waals surface area (Å²) in [6.45, 7) is 3.69. The monoisotopic (exact) mass is 923 g/mol. The van der Waals surface area contributed by atoms with E-state index in [4.69, 9.17) is 18.9 Å². The molecule has 1 aliphatic heterocycles. The molecule has 0 bridgehead atoms. The van der Waals surface area contributed by atoms with Gasteiger partial charge >= 0.3 is 16.4 Å². The van der Waals surface area contributed by atoms with Gasteiger partial charge in [-0.2, -0.15) is 8.42 Å². The maximum Gasteiger partial charge on any atom is 0.397 e. The summed E-state index contributed by atoms with van der Waals surface area (Å²) in [7, 11) is -5.08. The van der Waals surface area contributed by atoms with Gasteiger partial charge in [-0.3, -0.25) is 9.35 Å². The SMILES string of the molecule is CC/C=C\C/C=C\C/C=C\C/C=C\CCCOCC(COC1OC(CO)C(O)C(OS(=O)(=O)O)C1O)OC(=O)CCCCCCCCCC/C=C\C/C=C\C/C=C\CCCCCCC. The molecule has 6 unspecified atom stereocenters. The van der Waals surface area contributed by atoms with E-state index in [1.54, 1.807) is 0 Å². The molecule has 0 aromatic carbocycles. The van der Waals surface area contributed by atoms with E-state index >= 15 is 0 Å². The molecule has 4 N–H and O–H groups in total. The number of ether oxygens (including phenoxy) is 4. The van der Waals surface area contributed by atoms with Crippen LogP contribution in [-0.2, 0) is 38.3 Å². The van der Waals surface area contributed by atoms with Gasteiger partial charge in [-0.25, -0.2) is 4.18 Å². The minimum atomic E-state index is -5.08. The molecule has 0 spiro atoms. The Kier molecular flexibility index (Phi) is 38.6. The van der Waals surface area contributed by atoms with E-state index in [0.29, 0.717) is 13.0 Å². The van der Waals surface area contributed by atoms with Gasteiger partial charge in [-0.15, -0.1) is 0 Å². The molecule has 0 radical (unpaired) electrons. The summed E-state index contributed by atoms with van der Waals surface area (Å²) in [5.41, 5.74) is 0. The van der Waals surface area contributed by atoms with Crippen LogP contribution in [0.1, 0.15) is 168 Å². The maximum atomic E-state index is 12.9. The molecule has 64 heavy (non-hydrogen) atoms. The molecule has 1 fully saturated rings. The second-order valence-electron chi connectivity index (χ2n) is 16.3. The number of unbranched alkanes of at least 4 members (excludes halogenated alkanes) is 14. The average Bonchev–Trinajstić information content (AvgIpc) is 3.27. The van der Waals surface area contributed by atoms with Crippen molar-refractivity contribution in [3.8, 4) is 0 Å². The van der Waals surface area contributed by atoms with Crippen LogP contribution in [0, 0.1) is 0 Å². The fraction of sp³-hybridized carbons (Fsp3) is 0.706. The predicted molar refractivity (Wildman–Crippen MR) is 257 cm³/mol. The van der Waals surface area contributed by atoms with Gasteiger partial charge in [0.25, 0.3) is 0 Å². The third-order valence-corrected chi connectivity index (χ3v) is 11.0. The van der Waals surface area contributed by atoms with Gasteiger partial charge in [-0.05, 0) is 83.5 Å². The van der Waals surface area contributed by atoms with E-state index in [1.165, 1.54) is 64.2 Å². The zero-order valence-electron chi connectivity index (χ0n) is 39.3. The molecular weight excluding hydrogens is 837 g/mol. The van der Waals surface area contributed by atoms with E-state index in [9.17, 15) is 33.1 Å². The number of allylic oxidation sites excluding steroid dienone is 14. The van der Waals surface area contributed by atoms with Crippen molar-refractivity contribution < 1.29 is 56.2 Å². The molecule has 368 valence electrons. The van der Waals surface area contributed by atoms with Gasteiger partial charge in [0.2, 0.25) is 0 Å². The van der Waals surface area contributed by atoms with Crippen molar-refractivity contribution in [2.75, 3.05) is 26.4 Å². The first-order valence-corrected chi connectivity index (χ1v) is 25.7. The number of hydrogen-bond donors (Lipinski definition) is 4. The molecule has 1 rings (SSSR count). The van der Waals surface area contributed by atoms with Crippen LogP contribution in [0.4, 0.5) is 0 Å².